The van der Waals surface area contributed by atoms with E-state index < -0.39 is 35.0 Å². The van der Waals surface area contributed by atoms with Crippen LogP contribution in [0.25, 0.3) is 17.2 Å². The second-order valence-corrected chi connectivity index (χ2v) is 10.0. The Morgan fingerprint density at radius 1 is 1.02 bits per heavy atom. The number of carbonyl (C=O) groups is 1. The number of amides is 1. The summed E-state index contributed by atoms with van der Waals surface area (Å²) in [6, 6.07) is 4.00. The van der Waals surface area contributed by atoms with Crippen molar-refractivity contribution in [2.24, 2.45) is 0 Å². The molecule has 8 nitrogen and oxygen atoms in total. The lowest BCUT2D eigenvalue weighted by Gasteiger charge is -2.18. The highest BCUT2D eigenvalue weighted by Crippen LogP contribution is 2.44. The maximum Gasteiger partial charge on any atom is 0.416 e. The first-order valence-electron chi connectivity index (χ1n) is 11.4. The molecule has 0 saturated carbocycles. The van der Waals surface area contributed by atoms with Crippen LogP contribution in [0, 0.1) is 0 Å². The van der Waals surface area contributed by atoms with Crippen molar-refractivity contribution in [2.75, 3.05) is 20.8 Å². The number of hydrogen-bond acceptors (Lipinski definition) is 8. The van der Waals surface area contributed by atoms with E-state index in [-0.39, 0.29) is 44.5 Å². The first-order valence-corrected chi connectivity index (χ1v) is 12.6. The van der Waals surface area contributed by atoms with Gasteiger partial charge in [-0.05, 0) is 54.0 Å². The lowest BCUT2D eigenvalue weighted by Crippen LogP contribution is -2.29. The molecule has 2 heterocycles. The summed E-state index contributed by atoms with van der Waals surface area (Å²) in [6.45, 7) is 0.276. The summed E-state index contributed by atoms with van der Waals surface area (Å²) in [6.07, 6.45) is -7.70. The van der Waals surface area contributed by atoms with Crippen LogP contribution in [0.1, 0.15) is 28.9 Å². The molecule has 2 aromatic carbocycles. The molecule has 1 amide bonds. The number of nitrogens with one attached hydrogen (secondary N) is 1. The van der Waals surface area contributed by atoms with Crippen LogP contribution < -0.4 is 9.47 Å². The number of rotatable bonds is 8. The van der Waals surface area contributed by atoms with Crippen molar-refractivity contribution in [3.8, 4) is 22.6 Å². The normalized spacial score (nSPS) is 15.3. The summed E-state index contributed by atoms with van der Waals surface area (Å²) in [4.78, 5) is 14.6. The van der Waals surface area contributed by atoms with Gasteiger partial charge >= 0.3 is 12.4 Å². The largest absolute Gasteiger partial charge is 0.493 e. The fourth-order valence-electron chi connectivity index (χ4n) is 3.92. The summed E-state index contributed by atoms with van der Waals surface area (Å²) >= 11 is 6.34. The number of nitrogens with zero attached hydrogens (tertiary/aromatic N) is 4. The summed E-state index contributed by atoms with van der Waals surface area (Å²) in [5.74, 6) is 0.0221. The molecule has 1 fully saturated rings. The monoisotopic (exact) mass is 603 g/mol. The zero-order chi connectivity index (χ0) is 29.2. The van der Waals surface area contributed by atoms with Gasteiger partial charge in [0.2, 0.25) is 0 Å². The van der Waals surface area contributed by atoms with Gasteiger partial charge in [0, 0.05) is 18.5 Å². The second-order valence-electron chi connectivity index (χ2n) is 8.36. The molecular formula is C24H19F6N5O3S2. The van der Waals surface area contributed by atoms with E-state index in [1.807, 2.05) is 0 Å². The Bertz CT molecular complexity index is 1430. The van der Waals surface area contributed by atoms with Crippen molar-refractivity contribution < 1.29 is 40.6 Å². The Morgan fingerprint density at radius 3 is 2.25 bits per heavy atom. The van der Waals surface area contributed by atoms with E-state index in [1.54, 1.807) is 0 Å². The van der Waals surface area contributed by atoms with Gasteiger partial charge in [0.05, 0.1) is 30.3 Å². The second kappa shape index (κ2) is 11.4. The van der Waals surface area contributed by atoms with Crippen molar-refractivity contribution in [3.63, 3.8) is 0 Å². The molecule has 0 unspecified atom stereocenters. The number of thioether (sulfide) groups is 1. The summed E-state index contributed by atoms with van der Waals surface area (Å²) in [7, 11) is 2.47. The van der Waals surface area contributed by atoms with E-state index in [4.69, 9.17) is 21.7 Å². The molecule has 0 bridgehead atoms. The molecule has 1 aliphatic rings. The molecule has 16 heteroatoms. The topological polar surface area (TPSA) is 93.2 Å². The molecule has 1 aliphatic heterocycles. The minimum Gasteiger partial charge on any atom is -0.493 e. The lowest BCUT2D eigenvalue weighted by atomic mass is 9.96. The third kappa shape index (κ3) is 6.38. The van der Waals surface area contributed by atoms with Gasteiger partial charge in [-0.25, -0.2) is 0 Å². The highest BCUT2D eigenvalue weighted by molar-refractivity contribution is 8.26. The summed E-state index contributed by atoms with van der Waals surface area (Å²) < 4.78 is 92.0. The predicted octanol–water partition coefficient (Wildman–Crippen LogP) is 5.76. The number of aromatic nitrogens is 4. The smallest absolute Gasteiger partial charge is 0.416 e. The minimum atomic E-state index is -5.04. The van der Waals surface area contributed by atoms with Gasteiger partial charge in [0.1, 0.15) is 4.32 Å². The number of tetrazole rings is 1. The molecule has 40 heavy (non-hydrogen) atoms. The Labute approximate surface area is 232 Å². The molecule has 1 aromatic heterocycles. The van der Waals surface area contributed by atoms with E-state index in [0.717, 1.165) is 11.8 Å². The van der Waals surface area contributed by atoms with Crippen LogP contribution in [-0.4, -0.2) is 56.5 Å². The zero-order valence-corrected chi connectivity index (χ0v) is 22.3. The molecule has 0 radical (unpaired) electrons. The van der Waals surface area contributed by atoms with Crippen LogP contribution in [0.3, 0.4) is 0 Å². The maximum atomic E-state index is 13.5. The number of alkyl halides is 6. The SMILES string of the molecule is COc1cc(/C=C2\SC(=S)N(CCCc3nn[nH]n3)C2=O)cc(-c2cc(C(F)(F)F)cc(C(F)(F)F)c2)c1OC. The number of halogens is 6. The number of hydrogen-bond donors (Lipinski definition) is 1. The number of thiocarbonyl (C=S) groups is 1. The molecule has 0 aliphatic carbocycles. The number of methoxy groups -OCH3 is 2. The van der Waals surface area contributed by atoms with Crippen molar-refractivity contribution in [3.05, 3.63) is 57.8 Å². The van der Waals surface area contributed by atoms with E-state index in [9.17, 15) is 31.1 Å². The lowest BCUT2D eigenvalue weighted by molar-refractivity contribution is -0.143. The van der Waals surface area contributed by atoms with Crippen LogP contribution >= 0.6 is 24.0 Å². The molecule has 1 saturated heterocycles. The highest BCUT2D eigenvalue weighted by Gasteiger charge is 2.37. The standard InChI is InChI=1S/C24H19F6N5O3S2/c1-37-17-7-12(8-18-21(36)35(22(39)40-18)5-3-4-19-31-33-34-32-19)6-16(20(17)38-2)13-9-14(23(25,26)27)11-15(10-13)24(28,29)30/h6-11H,3-5H2,1-2H3,(H,31,32,33,34)/b18-8-. The Hall–Kier alpha value is -3.66. The van der Waals surface area contributed by atoms with E-state index >= 15 is 0 Å². The van der Waals surface area contributed by atoms with Crippen LogP contribution in [-0.2, 0) is 23.6 Å². The zero-order valence-electron chi connectivity index (χ0n) is 20.7. The van der Waals surface area contributed by atoms with Crippen molar-refractivity contribution in [1.82, 2.24) is 25.5 Å². The van der Waals surface area contributed by atoms with Gasteiger partial charge in [0.25, 0.3) is 5.91 Å². The van der Waals surface area contributed by atoms with E-state index in [1.165, 1.54) is 37.3 Å². The third-order valence-electron chi connectivity index (χ3n) is 5.74. The summed E-state index contributed by atoms with van der Waals surface area (Å²) in [5.41, 5.74) is -3.19. The Kier molecular flexibility index (Phi) is 8.39. The Morgan fingerprint density at radius 2 is 1.70 bits per heavy atom. The number of benzene rings is 2. The maximum absolute atomic E-state index is 13.5. The fourth-order valence-corrected chi connectivity index (χ4v) is 5.23. The average molecular weight is 604 g/mol. The molecule has 0 spiro atoms. The van der Waals surface area contributed by atoms with Crippen molar-refractivity contribution in [1.29, 1.82) is 0 Å². The number of aromatic amines is 1. The van der Waals surface area contributed by atoms with Gasteiger partial charge in [-0.2, -0.15) is 31.6 Å². The molecule has 3 aromatic rings. The molecule has 1 N–H and O–H groups in total. The molecule has 0 atom stereocenters. The van der Waals surface area contributed by atoms with Gasteiger partial charge in [0.15, 0.2) is 17.3 Å². The quantitative estimate of drug-likeness (QED) is 0.198. The van der Waals surface area contributed by atoms with Gasteiger partial charge in [-0.3, -0.25) is 9.69 Å². The predicted molar refractivity (Wildman–Crippen MR) is 137 cm³/mol. The van der Waals surface area contributed by atoms with Gasteiger partial charge in [-0.1, -0.05) is 29.2 Å². The first-order chi connectivity index (χ1) is 18.8. The Balaban J connectivity index is 1.73. The summed E-state index contributed by atoms with van der Waals surface area (Å²) in [5, 5.41) is 13.5. The van der Waals surface area contributed by atoms with Crippen LogP contribution in [0.15, 0.2) is 35.2 Å². The number of ether oxygens (including phenoxy) is 2. The van der Waals surface area contributed by atoms with Crippen molar-refractivity contribution in [2.45, 2.75) is 25.2 Å². The fraction of sp³-hybridized carbons (Fsp3) is 0.292. The number of carbonyl (C=O) groups excluding carboxylic acids is 1. The number of H-pyrrole nitrogens is 1. The van der Waals surface area contributed by atoms with Crippen molar-refractivity contribution >= 4 is 40.3 Å². The molecule has 212 valence electrons. The van der Waals surface area contributed by atoms with E-state index in [0.29, 0.717) is 30.8 Å². The van der Waals surface area contributed by atoms with Gasteiger partial charge < -0.3 is 9.47 Å². The highest BCUT2D eigenvalue weighted by atomic mass is 32.2. The van der Waals surface area contributed by atoms with Crippen LogP contribution in [0.4, 0.5) is 26.3 Å². The van der Waals surface area contributed by atoms with Crippen LogP contribution in [0.2, 0.25) is 0 Å². The third-order valence-corrected chi connectivity index (χ3v) is 7.12. The average Bonchev–Trinajstić information content (AvgIpc) is 3.50. The van der Waals surface area contributed by atoms with Gasteiger partial charge in [-0.15, -0.1) is 10.2 Å². The van der Waals surface area contributed by atoms with E-state index in [2.05, 4.69) is 20.6 Å². The number of aryl methyl sites for hydroxylation is 1. The van der Waals surface area contributed by atoms with Crippen LogP contribution in [0.5, 0.6) is 11.5 Å². The molecular weight excluding hydrogens is 584 g/mol. The first kappa shape index (κ1) is 29.3. The molecule has 4 rings (SSSR count). The minimum absolute atomic E-state index is 0.0350.